The fourth-order valence-corrected chi connectivity index (χ4v) is 6.66. The molecule has 0 atom stereocenters. The van der Waals surface area contributed by atoms with E-state index in [1.165, 1.54) is 20.3 Å². The van der Waals surface area contributed by atoms with Crippen molar-refractivity contribution < 1.29 is 14.3 Å². The first-order valence-electron chi connectivity index (χ1n) is 14.6. The molecule has 0 bridgehead atoms. The van der Waals surface area contributed by atoms with E-state index in [2.05, 4.69) is 28.8 Å². The molecular formula is C31H38Cl2N6O4. The van der Waals surface area contributed by atoms with Gasteiger partial charge in [0.1, 0.15) is 17.1 Å². The summed E-state index contributed by atoms with van der Waals surface area (Å²) in [6, 6.07) is 3.60. The number of anilines is 1. The number of nitrogens with one attached hydrogen (secondary N) is 1. The number of likely N-dealkylation sites (tertiary alicyclic amines) is 2. The van der Waals surface area contributed by atoms with Gasteiger partial charge in [-0.3, -0.25) is 14.2 Å². The second kappa shape index (κ2) is 13.5. The van der Waals surface area contributed by atoms with Crippen LogP contribution in [0, 0.1) is 5.92 Å². The maximum absolute atomic E-state index is 14.3. The lowest BCUT2D eigenvalue weighted by molar-refractivity contribution is -0.127. The van der Waals surface area contributed by atoms with Crippen molar-refractivity contribution in [2.24, 2.45) is 5.92 Å². The number of methoxy groups -OCH3 is 2. The zero-order chi connectivity index (χ0) is 30.7. The minimum atomic E-state index is -0.269. The number of pyridine rings is 1. The maximum Gasteiger partial charge on any atom is 0.260 e. The van der Waals surface area contributed by atoms with Gasteiger partial charge < -0.3 is 24.6 Å². The van der Waals surface area contributed by atoms with Gasteiger partial charge in [0.05, 0.1) is 29.8 Å². The van der Waals surface area contributed by atoms with Crippen molar-refractivity contribution in [3.05, 3.63) is 51.4 Å². The lowest BCUT2D eigenvalue weighted by atomic mass is 9.93. The van der Waals surface area contributed by atoms with Crippen LogP contribution in [-0.4, -0.2) is 83.7 Å². The number of piperidine rings is 2. The molecule has 2 aliphatic rings. The molecule has 2 saturated heterocycles. The van der Waals surface area contributed by atoms with E-state index in [0.717, 1.165) is 45.2 Å². The largest absolute Gasteiger partial charge is 0.495 e. The molecule has 0 spiro atoms. The topological polar surface area (TPSA) is 102 Å². The van der Waals surface area contributed by atoms with E-state index >= 15 is 0 Å². The number of rotatable bonds is 9. The van der Waals surface area contributed by atoms with E-state index in [4.69, 9.17) is 37.7 Å². The number of carbonyl (C=O) groups excluding carboxylic acids is 1. The van der Waals surface area contributed by atoms with Gasteiger partial charge in [0.2, 0.25) is 11.9 Å². The van der Waals surface area contributed by atoms with Crippen molar-refractivity contribution in [1.29, 1.82) is 0 Å². The Morgan fingerprint density at radius 2 is 1.72 bits per heavy atom. The highest BCUT2D eigenvalue weighted by Crippen LogP contribution is 2.45. The minimum absolute atomic E-state index is 0.0443. The monoisotopic (exact) mass is 628 g/mol. The Bertz CT molecular complexity index is 1530. The number of aryl methyl sites for hydroxylation is 1. The summed E-state index contributed by atoms with van der Waals surface area (Å²) in [6.07, 6.45) is 7.54. The third-order valence-electron chi connectivity index (χ3n) is 8.58. The molecule has 1 N–H and O–H groups in total. The number of amides is 1. The average molecular weight is 630 g/mol. The summed E-state index contributed by atoms with van der Waals surface area (Å²) in [6.45, 7) is 7.39. The van der Waals surface area contributed by atoms with Crippen LogP contribution in [0.3, 0.4) is 0 Å². The maximum atomic E-state index is 14.3. The van der Waals surface area contributed by atoms with E-state index in [-0.39, 0.29) is 27.6 Å². The van der Waals surface area contributed by atoms with Crippen LogP contribution in [0.4, 0.5) is 5.95 Å². The van der Waals surface area contributed by atoms with Crippen molar-refractivity contribution in [2.75, 3.05) is 52.8 Å². The predicted octanol–water partition coefficient (Wildman–Crippen LogP) is 5.10. The zero-order valence-corrected chi connectivity index (χ0v) is 26.4. The molecule has 230 valence electrons. The summed E-state index contributed by atoms with van der Waals surface area (Å²) < 4.78 is 12.6. The molecule has 5 rings (SSSR count). The Morgan fingerprint density at radius 3 is 2.33 bits per heavy atom. The van der Waals surface area contributed by atoms with Gasteiger partial charge in [-0.15, -0.1) is 0 Å². The molecule has 0 saturated carbocycles. The van der Waals surface area contributed by atoms with E-state index in [0.29, 0.717) is 65.2 Å². The number of benzene rings is 1. The number of aromatic nitrogens is 3. The van der Waals surface area contributed by atoms with Crippen LogP contribution in [0.5, 0.6) is 11.5 Å². The van der Waals surface area contributed by atoms with Crippen LogP contribution < -0.4 is 20.3 Å². The molecule has 43 heavy (non-hydrogen) atoms. The predicted molar refractivity (Wildman–Crippen MR) is 171 cm³/mol. The van der Waals surface area contributed by atoms with Crippen LogP contribution >= 0.6 is 23.2 Å². The SMILES string of the molecule is C=CC(=O)N1CCC(CCn2c(=O)c(-c3c(Cl)c(OC)cc(OC)c3Cl)cc3cnc(NC4CCN(C)CC4)nc32)CC1. The first-order valence-corrected chi connectivity index (χ1v) is 15.4. The van der Waals surface area contributed by atoms with Gasteiger partial charge in [-0.25, -0.2) is 4.98 Å². The Labute approximate surface area is 261 Å². The number of hydrogen-bond donors (Lipinski definition) is 1. The molecule has 4 heterocycles. The number of fused-ring (bicyclic) bond motifs is 1. The Hall–Kier alpha value is -3.34. The van der Waals surface area contributed by atoms with Gasteiger partial charge in [-0.1, -0.05) is 29.8 Å². The Kier molecular flexibility index (Phi) is 9.78. The molecule has 0 unspecified atom stereocenters. The molecule has 1 aromatic carbocycles. The quantitative estimate of drug-likeness (QED) is 0.327. The van der Waals surface area contributed by atoms with Gasteiger partial charge in [0.15, 0.2) is 0 Å². The first kappa shape index (κ1) is 31.1. The average Bonchev–Trinajstić information content (AvgIpc) is 3.02. The lowest BCUT2D eigenvalue weighted by Gasteiger charge is -2.31. The normalized spacial score (nSPS) is 16.8. The fraction of sp³-hybridized carbons (Fsp3) is 0.484. The highest BCUT2D eigenvalue weighted by Gasteiger charge is 2.26. The zero-order valence-electron chi connectivity index (χ0n) is 24.9. The molecule has 1 amide bonds. The summed E-state index contributed by atoms with van der Waals surface area (Å²) >= 11 is 13.5. The van der Waals surface area contributed by atoms with Crippen LogP contribution in [0.15, 0.2) is 35.8 Å². The fourth-order valence-electron chi connectivity index (χ4n) is 5.96. The molecule has 2 aliphatic heterocycles. The first-order chi connectivity index (χ1) is 20.7. The van der Waals surface area contributed by atoms with Crippen molar-refractivity contribution in [2.45, 2.75) is 44.7 Å². The van der Waals surface area contributed by atoms with Crippen molar-refractivity contribution >= 4 is 46.1 Å². The Morgan fingerprint density at radius 1 is 1.07 bits per heavy atom. The van der Waals surface area contributed by atoms with E-state index in [9.17, 15) is 9.59 Å². The van der Waals surface area contributed by atoms with Gasteiger partial charge in [-0.05, 0) is 70.3 Å². The van der Waals surface area contributed by atoms with E-state index in [1.807, 2.05) is 4.90 Å². The summed E-state index contributed by atoms with van der Waals surface area (Å²) in [7, 11) is 5.12. The summed E-state index contributed by atoms with van der Waals surface area (Å²) in [5.41, 5.74) is 0.922. The summed E-state index contributed by atoms with van der Waals surface area (Å²) in [4.78, 5) is 39.9. The number of hydrogen-bond acceptors (Lipinski definition) is 8. The minimum Gasteiger partial charge on any atom is -0.495 e. The number of halogens is 2. The van der Waals surface area contributed by atoms with Gasteiger partial charge in [-0.2, -0.15) is 4.98 Å². The highest BCUT2D eigenvalue weighted by molar-refractivity contribution is 6.41. The summed E-state index contributed by atoms with van der Waals surface area (Å²) in [5, 5.41) is 4.60. The van der Waals surface area contributed by atoms with Crippen LogP contribution in [-0.2, 0) is 11.3 Å². The molecule has 3 aromatic rings. The second-order valence-corrected chi connectivity index (χ2v) is 12.0. The van der Waals surface area contributed by atoms with Crippen molar-refractivity contribution in [3.8, 4) is 22.6 Å². The molecular weight excluding hydrogens is 591 g/mol. The molecule has 2 aromatic heterocycles. The van der Waals surface area contributed by atoms with Crippen molar-refractivity contribution in [3.63, 3.8) is 0 Å². The van der Waals surface area contributed by atoms with Crippen LogP contribution in [0.25, 0.3) is 22.2 Å². The van der Waals surface area contributed by atoms with Crippen LogP contribution in [0.2, 0.25) is 10.0 Å². The standard InChI is InChI=1S/C31H38Cl2N6O4/c1-5-25(40)38-13-6-19(7-14-38)8-15-39-29-20(18-34-31(36-29)35-21-9-11-37(2)12-10-21)16-22(30(39)41)26-27(32)23(42-3)17-24(43-4)28(26)33/h5,16-19,21H,1,6-15H2,2-4H3,(H,34,35,36). The third-order valence-corrected chi connectivity index (χ3v) is 9.33. The molecule has 0 aliphatic carbocycles. The smallest absolute Gasteiger partial charge is 0.260 e. The van der Waals surface area contributed by atoms with E-state index in [1.54, 1.807) is 22.9 Å². The van der Waals surface area contributed by atoms with Gasteiger partial charge >= 0.3 is 0 Å². The molecule has 0 radical (unpaired) electrons. The number of ether oxygens (including phenoxy) is 2. The second-order valence-electron chi connectivity index (χ2n) is 11.3. The van der Waals surface area contributed by atoms with E-state index < -0.39 is 0 Å². The molecule has 2 fully saturated rings. The van der Waals surface area contributed by atoms with Crippen LogP contribution in [0.1, 0.15) is 32.1 Å². The summed E-state index contributed by atoms with van der Waals surface area (Å²) in [5.74, 6) is 1.50. The highest BCUT2D eigenvalue weighted by atomic mass is 35.5. The number of carbonyl (C=O) groups is 1. The number of nitrogens with zero attached hydrogens (tertiary/aromatic N) is 5. The Balaban J connectivity index is 1.54. The lowest BCUT2D eigenvalue weighted by Crippen LogP contribution is -2.38. The molecule has 10 nitrogen and oxygen atoms in total. The van der Waals surface area contributed by atoms with Crippen molar-refractivity contribution in [1.82, 2.24) is 24.3 Å². The van der Waals surface area contributed by atoms with Gasteiger partial charge in [0.25, 0.3) is 5.56 Å². The molecule has 12 heteroatoms. The van der Waals surface area contributed by atoms with Gasteiger partial charge in [0, 0.05) is 48.9 Å². The third kappa shape index (κ3) is 6.61.